The summed E-state index contributed by atoms with van der Waals surface area (Å²) in [5.41, 5.74) is 1.22. The number of carbonyl (C=O) groups excluding carboxylic acids is 1. The van der Waals surface area contributed by atoms with Crippen molar-refractivity contribution >= 4 is 5.97 Å². The molecule has 1 aromatic rings. The molecule has 1 aliphatic rings. The predicted octanol–water partition coefficient (Wildman–Crippen LogP) is 2.11. The summed E-state index contributed by atoms with van der Waals surface area (Å²) >= 11 is 0. The highest BCUT2D eigenvalue weighted by Gasteiger charge is 2.30. The van der Waals surface area contributed by atoms with Crippen molar-refractivity contribution in [1.82, 2.24) is 9.55 Å². The zero-order valence-corrected chi connectivity index (χ0v) is 11.7. The van der Waals surface area contributed by atoms with Crippen LogP contribution in [0.1, 0.15) is 25.5 Å². The second-order valence-corrected chi connectivity index (χ2v) is 4.77. The summed E-state index contributed by atoms with van der Waals surface area (Å²) in [6.07, 6.45) is 11.0. The minimum absolute atomic E-state index is 0.195. The number of rotatable bonds is 4. The van der Waals surface area contributed by atoms with Gasteiger partial charge in [-0.2, -0.15) is 5.26 Å². The molecule has 1 unspecified atom stereocenters. The smallest absolute Gasteiger partial charge is 0.311 e. The van der Waals surface area contributed by atoms with Crippen molar-refractivity contribution in [2.24, 2.45) is 0 Å². The van der Waals surface area contributed by atoms with E-state index < -0.39 is 0 Å². The Labute approximate surface area is 118 Å². The Morgan fingerprint density at radius 1 is 1.65 bits per heavy atom. The van der Waals surface area contributed by atoms with Crippen LogP contribution in [-0.2, 0) is 21.5 Å². The van der Waals surface area contributed by atoms with Gasteiger partial charge in [0.2, 0.25) is 0 Å². The van der Waals surface area contributed by atoms with E-state index in [-0.39, 0.29) is 17.9 Å². The average molecular weight is 271 g/mol. The van der Waals surface area contributed by atoms with Gasteiger partial charge < -0.3 is 9.30 Å². The quantitative estimate of drug-likeness (QED) is 0.786. The lowest BCUT2D eigenvalue weighted by molar-refractivity contribution is -0.139. The zero-order chi connectivity index (χ0) is 14.6. The molecule has 1 atom stereocenters. The van der Waals surface area contributed by atoms with Crippen molar-refractivity contribution in [2.45, 2.75) is 31.7 Å². The SMILES string of the molecule is CCC1(n2cncc2CC(=O)OC)C=CC(C#N)=CC1. The van der Waals surface area contributed by atoms with E-state index in [1.165, 1.54) is 7.11 Å². The second-order valence-electron chi connectivity index (χ2n) is 4.77. The van der Waals surface area contributed by atoms with Crippen molar-refractivity contribution in [3.8, 4) is 6.07 Å². The summed E-state index contributed by atoms with van der Waals surface area (Å²) in [4.78, 5) is 15.6. The predicted molar refractivity (Wildman–Crippen MR) is 73.7 cm³/mol. The summed E-state index contributed by atoms with van der Waals surface area (Å²) < 4.78 is 6.72. The van der Waals surface area contributed by atoms with Gasteiger partial charge in [-0.05, 0) is 18.9 Å². The average Bonchev–Trinajstić information content (AvgIpc) is 2.95. The van der Waals surface area contributed by atoms with Gasteiger partial charge in [0.15, 0.2) is 0 Å². The van der Waals surface area contributed by atoms with Crippen LogP contribution in [0, 0.1) is 11.3 Å². The van der Waals surface area contributed by atoms with Gasteiger partial charge in [0.1, 0.15) is 0 Å². The van der Waals surface area contributed by atoms with E-state index in [1.807, 2.05) is 22.8 Å². The van der Waals surface area contributed by atoms with Gasteiger partial charge in [0, 0.05) is 17.5 Å². The summed E-state index contributed by atoms with van der Waals surface area (Å²) in [7, 11) is 1.38. The summed E-state index contributed by atoms with van der Waals surface area (Å²) in [5.74, 6) is -0.286. The summed E-state index contributed by atoms with van der Waals surface area (Å²) in [6, 6.07) is 2.14. The normalized spacial score (nSPS) is 21.1. The molecule has 0 N–H and O–H groups in total. The number of hydrogen-bond donors (Lipinski definition) is 0. The number of imidazole rings is 1. The lowest BCUT2D eigenvalue weighted by atomic mass is 9.86. The van der Waals surface area contributed by atoms with E-state index in [4.69, 9.17) is 10.00 Å². The molecule has 104 valence electrons. The third-order valence-corrected chi connectivity index (χ3v) is 3.74. The molecule has 0 radical (unpaired) electrons. The Balaban J connectivity index is 2.33. The number of methoxy groups -OCH3 is 1. The minimum Gasteiger partial charge on any atom is -0.469 e. The lowest BCUT2D eigenvalue weighted by Gasteiger charge is -2.33. The maximum absolute atomic E-state index is 11.5. The number of carbonyl (C=O) groups is 1. The number of nitriles is 1. The molecule has 0 spiro atoms. The van der Waals surface area contributed by atoms with Gasteiger partial charge in [-0.15, -0.1) is 0 Å². The molecule has 0 fully saturated rings. The van der Waals surface area contributed by atoms with E-state index in [0.717, 1.165) is 12.1 Å². The summed E-state index contributed by atoms with van der Waals surface area (Å²) in [5, 5.41) is 8.92. The van der Waals surface area contributed by atoms with Crippen molar-refractivity contribution < 1.29 is 9.53 Å². The first kappa shape index (κ1) is 14.1. The third kappa shape index (κ3) is 2.50. The van der Waals surface area contributed by atoms with Crippen LogP contribution in [0.3, 0.4) is 0 Å². The fourth-order valence-corrected chi connectivity index (χ4v) is 2.44. The van der Waals surface area contributed by atoms with Crippen LogP contribution in [0.5, 0.6) is 0 Å². The highest BCUT2D eigenvalue weighted by atomic mass is 16.5. The van der Waals surface area contributed by atoms with Crippen LogP contribution in [0.25, 0.3) is 0 Å². The fraction of sp³-hybridized carbons (Fsp3) is 0.400. The number of allylic oxidation sites excluding steroid dienone is 4. The van der Waals surface area contributed by atoms with Crippen LogP contribution < -0.4 is 0 Å². The van der Waals surface area contributed by atoms with Crippen LogP contribution in [0.15, 0.2) is 36.3 Å². The van der Waals surface area contributed by atoms with E-state index in [2.05, 4.69) is 18.0 Å². The molecule has 1 aromatic heterocycles. The Morgan fingerprint density at radius 2 is 2.45 bits per heavy atom. The highest BCUT2D eigenvalue weighted by molar-refractivity contribution is 5.71. The number of aromatic nitrogens is 2. The maximum atomic E-state index is 11.5. The second kappa shape index (κ2) is 5.74. The van der Waals surface area contributed by atoms with Gasteiger partial charge in [-0.25, -0.2) is 4.98 Å². The number of nitrogens with zero attached hydrogens (tertiary/aromatic N) is 3. The first-order chi connectivity index (χ1) is 9.65. The van der Waals surface area contributed by atoms with E-state index in [1.54, 1.807) is 12.5 Å². The number of ether oxygens (including phenoxy) is 1. The molecule has 0 aromatic carbocycles. The summed E-state index contributed by atoms with van der Waals surface area (Å²) in [6.45, 7) is 2.08. The molecular formula is C15H17N3O2. The number of esters is 1. The van der Waals surface area contributed by atoms with Gasteiger partial charge in [0.05, 0.1) is 31.5 Å². The first-order valence-corrected chi connectivity index (χ1v) is 6.53. The topological polar surface area (TPSA) is 67.9 Å². The van der Waals surface area contributed by atoms with E-state index >= 15 is 0 Å². The van der Waals surface area contributed by atoms with Crippen LogP contribution in [0.4, 0.5) is 0 Å². The molecule has 5 heteroatoms. The first-order valence-electron chi connectivity index (χ1n) is 6.53. The Kier molecular flexibility index (Phi) is 4.04. The molecule has 0 aliphatic heterocycles. The molecule has 0 saturated carbocycles. The molecule has 5 nitrogen and oxygen atoms in total. The van der Waals surface area contributed by atoms with Gasteiger partial charge in [0.25, 0.3) is 0 Å². The molecule has 2 rings (SSSR count). The Morgan fingerprint density at radius 3 is 3.00 bits per heavy atom. The van der Waals surface area contributed by atoms with Crippen molar-refractivity contribution in [1.29, 1.82) is 5.26 Å². The molecule has 0 amide bonds. The van der Waals surface area contributed by atoms with Crippen LogP contribution in [0.2, 0.25) is 0 Å². The minimum atomic E-state index is -0.286. The fourth-order valence-electron chi connectivity index (χ4n) is 2.44. The van der Waals surface area contributed by atoms with Crippen LogP contribution >= 0.6 is 0 Å². The number of hydrogen-bond acceptors (Lipinski definition) is 4. The van der Waals surface area contributed by atoms with Gasteiger partial charge >= 0.3 is 5.97 Å². The zero-order valence-electron chi connectivity index (χ0n) is 11.7. The van der Waals surface area contributed by atoms with Gasteiger partial charge in [-0.1, -0.05) is 19.1 Å². The van der Waals surface area contributed by atoms with Crippen molar-refractivity contribution in [3.05, 3.63) is 42.0 Å². The lowest BCUT2D eigenvalue weighted by Crippen LogP contribution is -2.33. The largest absolute Gasteiger partial charge is 0.469 e. The molecule has 0 bridgehead atoms. The van der Waals surface area contributed by atoms with Gasteiger partial charge in [-0.3, -0.25) is 4.79 Å². The Bertz CT molecular complexity index is 607. The molecule has 20 heavy (non-hydrogen) atoms. The van der Waals surface area contributed by atoms with Crippen molar-refractivity contribution in [3.63, 3.8) is 0 Å². The van der Waals surface area contributed by atoms with Crippen LogP contribution in [-0.4, -0.2) is 22.6 Å². The maximum Gasteiger partial charge on any atom is 0.311 e. The van der Waals surface area contributed by atoms with E-state index in [9.17, 15) is 4.79 Å². The highest BCUT2D eigenvalue weighted by Crippen LogP contribution is 2.33. The standard InChI is InChI=1S/C15H17N3O2/c1-3-15(6-4-12(9-16)5-7-15)18-11-17-10-13(18)8-14(19)20-2/h4-6,10-11H,3,7-8H2,1-2H3. The van der Waals surface area contributed by atoms with E-state index in [0.29, 0.717) is 12.0 Å². The monoisotopic (exact) mass is 271 g/mol. The molecular weight excluding hydrogens is 254 g/mol. The molecule has 1 aliphatic carbocycles. The van der Waals surface area contributed by atoms with Crippen molar-refractivity contribution in [2.75, 3.05) is 7.11 Å². The Hall–Kier alpha value is -2.35. The molecule has 1 heterocycles. The third-order valence-electron chi connectivity index (χ3n) is 3.74. The molecule has 0 saturated heterocycles.